The average Bonchev–Trinajstić information content (AvgIpc) is 2.37. The van der Waals surface area contributed by atoms with E-state index in [1.54, 1.807) is 19.1 Å². The Morgan fingerprint density at radius 3 is 2.63 bits per heavy atom. The maximum atomic E-state index is 11.6. The van der Waals surface area contributed by atoms with Crippen LogP contribution in [0.25, 0.3) is 0 Å². The van der Waals surface area contributed by atoms with Gasteiger partial charge in [-0.3, -0.25) is 0 Å². The zero-order valence-corrected chi connectivity index (χ0v) is 11.8. The van der Waals surface area contributed by atoms with Crippen LogP contribution in [0.2, 0.25) is 0 Å². The normalized spacial score (nSPS) is 13.8. The Morgan fingerprint density at radius 2 is 2.00 bits per heavy atom. The minimum absolute atomic E-state index is 0.0178. The second kappa shape index (κ2) is 8.09. The number of ether oxygens (including phenoxy) is 1. The lowest BCUT2D eigenvalue weighted by atomic mass is 10.2. The molecule has 0 spiro atoms. The van der Waals surface area contributed by atoms with Crippen molar-refractivity contribution in [3.63, 3.8) is 0 Å². The van der Waals surface area contributed by atoms with Crippen molar-refractivity contribution < 1.29 is 18.3 Å². The molecule has 0 fully saturated rings. The Balaban J connectivity index is 2.30. The van der Waals surface area contributed by atoms with Crippen LogP contribution in [0.1, 0.15) is 12.5 Å². The molecule has 1 rings (SSSR count). The second-order valence-electron chi connectivity index (χ2n) is 4.30. The molecule has 0 saturated heterocycles. The molecule has 0 aromatic heterocycles. The maximum absolute atomic E-state index is 11.6. The van der Waals surface area contributed by atoms with Gasteiger partial charge in [0.2, 0.25) is 0 Å². The number of allylic oxidation sites excluding steroid dienone is 1. The SMILES string of the molecule is CC=CCS(=O)(=O)CC(O)COCc1ccccc1. The van der Waals surface area contributed by atoms with Gasteiger partial charge in [-0.15, -0.1) is 0 Å². The third-order valence-corrected chi connectivity index (χ3v) is 4.05. The van der Waals surface area contributed by atoms with E-state index in [0.29, 0.717) is 6.61 Å². The summed E-state index contributed by atoms with van der Waals surface area (Å²) in [7, 11) is -3.25. The van der Waals surface area contributed by atoms with Crippen LogP contribution in [0.3, 0.4) is 0 Å². The predicted molar refractivity (Wildman–Crippen MR) is 75.6 cm³/mol. The molecule has 0 aliphatic rings. The summed E-state index contributed by atoms with van der Waals surface area (Å²) >= 11 is 0. The van der Waals surface area contributed by atoms with Gasteiger partial charge in [0, 0.05) is 0 Å². The first-order chi connectivity index (χ1) is 9.03. The molecule has 1 atom stereocenters. The first kappa shape index (κ1) is 15.9. The van der Waals surface area contributed by atoms with Crippen molar-refractivity contribution in [3.8, 4) is 0 Å². The quantitative estimate of drug-likeness (QED) is 0.736. The average molecular weight is 284 g/mol. The molecule has 0 aliphatic carbocycles. The van der Waals surface area contributed by atoms with Gasteiger partial charge in [-0.25, -0.2) is 8.42 Å². The van der Waals surface area contributed by atoms with Crippen molar-refractivity contribution in [2.45, 2.75) is 19.6 Å². The number of sulfone groups is 1. The fourth-order valence-corrected chi connectivity index (χ4v) is 2.84. The summed E-state index contributed by atoms with van der Waals surface area (Å²) in [5, 5.41) is 9.63. The minimum atomic E-state index is -3.25. The highest BCUT2D eigenvalue weighted by atomic mass is 32.2. The van der Waals surface area contributed by atoms with E-state index in [0.717, 1.165) is 5.56 Å². The lowest BCUT2D eigenvalue weighted by molar-refractivity contribution is 0.0390. The molecule has 0 amide bonds. The zero-order valence-electron chi connectivity index (χ0n) is 11.0. The highest BCUT2D eigenvalue weighted by Crippen LogP contribution is 2.02. The molecule has 106 valence electrons. The largest absolute Gasteiger partial charge is 0.390 e. The van der Waals surface area contributed by atoms with E-state index in [2.05, 4.69) is 0 Å². The second-order valence-corrected chi connectivity index (χ2v) is 6.45. The molecule has 1 N–H and O–H groups in total. The number of hydrogen-bond acceptors (Lipinski definition) is 4. The van der Waals surface area contributed by atoms with Gasteiger partial charge < -0.3 is 9.84 Å². The highest BCUT2D eigenvalue weighted by molar-refractivity contribution is 7.91. The fourth-order valence-electron chi connectivity index (χ4n) is 1.54. The molecule has 5 heteroatoms. The Morgan fingerprint density at radius 1 is 1.32 bits per heavy atom. The predicted octanol–water partition coefficient (Wildman–Crippen LogP) is 1.56. The first-order valence-corrected chi connectivity index (χ1v) is 7.97. The van der Waals surface area contributed by atoms with Gasteiger partial charge in [-0.1, -0.05) is 42.5 Å². The molecule has 0 bridgehead atoms. The summed E-state index contributed by atoms with van der Waals surface area (Å²) in [5.74, 6) is -0.314. The monoisotopic (exact) mass is 284 g/mol. The summed E-state index contributed by atoms with van der Waals surface area (Å²) in [4.78, 5) is 0. The molecule has 0 radical (unpaired) electrons. The molecular formula is C14H20O4S. The smallest absolute Gasteiger partial charge is 0.156 e. The topological polar surface area (TPSA) is 63.6 Å². The van der Waals surface area contributed by atoms with E-state index in [1.165, 1.54) is 0 Å². The fraction of sp³-hybridized carbons (Fsp3) is 0.429. The Labute approximate surface area is 114 Å². The van der Waals surface area contributed by atoms with Crippen LogP contribution in [0.5, 0.6) is 0 Å². The standard InChI is InChI=1S/C14H20O4S/c1-2-3-9-19(16,17)12-14(15)11-18-10-13-7-5-4-6-8-13/h2-8,14-15H,9-12H2,1H3. The van der Waals surface area contributed by atoms with Crippen molar-refractivity contribution in [1.29, 1.82) is 0 Å². The maximum Gasteiger partial charge on any atom is 0.156 e. The van der Waals surface area contributed by atoms with Crippen LogP contribution < -0.4 is 0 Å². The molecule has 0 heterocycles. The van der Waals surface area contributed by atoms with Crippen molar-refractivity contribution in [2.24, 2.45) is 0 Å². The molecule has 19 heavy (non-hydrogen) atoms. The van der Waals surface area contributed by atoms with Gasteiger partial charge in [-0.05, 0) is 12.5 Å². The van der Waals surface area contributed by atoms with Crippen LogP contribution >= 0.6 is 0 Å². The third-order valence-electron chi connectivity index (χ3n) is 2.45. The van der Waals surface area contributed by atoms with Crippen molar-refractivity contribution in [1.82, 2.24) is 0 Å². The van der Waals surface area contributed by atoms with Gasteiger partial charge in [-0.2, -0.15) is 0 Å². The Kier molecular flexibility index (Phi) is 6.77. The van der Waals surface area contributed by atoms with E-state index < -0.39 is 15.9 Å². The number of aliphatic hydroxyl groups is 1. The Bertz CT molecular complexity index is 479. The number of aliphatic hydroxyl groups excluding tert-OH is 1. The van der Waals surface area contributed by atoms with Crippen molar-refractivity contribution in [2.75, 3.05) is 18.1 Å². The summed E-state index contributed by atoms with van der Waals surface area (Å²) in [6.07, 6.45) is 2.25. The number of hydrogen-bond donors (Lipinski definition) is 1. The van der Waals surface area contributed by atoms with Crippen molar-refractivity contribution >= 4 is 9.84 Å². The van der Waals surface area contributed by atoms with Gasteiger partial charge >= 0.3 is 0 Å². The highest BCUT2D eigenvalue weighted by Gasteiger charge is 2.16. The van der Waals surface area contributed by atoms with E-state index in [1.807, 2.05) is 30.3 Å². The molecular weight excluding hydrogens is 264 g/mol. The van der Waals surface area contributed by atoms with Crippen LogP contribution in [0.4, 0.5) is 0 Å². The van der Waals surface area contributed by atoms with Crippen LogP contribution in [-0.4, -0.2) is 37.7 Å². The number of benzene rings is 1. The minimum Gasteiger partial charge on any atom is -0.390 e. The summed E-state index contributed by atoms with van der Waals surface area (Å²) in [6, 6.07) is 9.53. The summed E-state index contributed by atoms with van der Waals surface area (Å²) in [5.41, 5.74) is 0.992. The van der Waals surface area contributed by atoms with E-state index in [4.69, 9.17) is 4.74 Å². The van der Waals surface area contributed by atoms with Crippen molar-refractivity contribution in [3.05, 3.63) is 48.0 Å². The van der Waals surface area contributed by atoms with E-state index in [9.17, 15) is 13.5 Å². The van der Waals surface area contributed by atoms with Gasteiger partial charge in [0.1, 0.15) is 0 Å². The van der Waals surface area contributed by atoms with E-state index >= 15 is 0 Å². The Hall–Kier alpha value is -1.17. The molecule has 0 aliphatic heterocycles. The van der Waals surface area contributed by atoms with Gasteiger partial charge in [0.25, 0.3) is 0 Å². The van der Waals surface area contributed by atoms with Gasteiger partial charge in [0.15, 0.2) is 9.84 Å². The lowest BCUT2D eigenvalue weighted by Gasteiger charge is -2.11. The number of rotatable bonds is 8. The molecule has 0 saturated carbocycles. The molecule has 1 unspecified atom stereocenters. The molecule has 4 nitrogen and oxygen atoms in total. The van der Waals surface area contributed by atoms with Crippen LogP contribution in [0, 0.1) is 0 Å². The van der Waals surface area contributed by atoms with Crippen LogP contribution in [0.15, 0.2) is 42.5 Å². The van der Waals surface area contributed by atoms with Crippen LogP contribution in [-0.2, 0) is 21.2 Å². The first-order valence-electron chi connectivity index (χ1n) is 6.15. The summed E-state index contributed by atoms with van der Waals surface area (Å²) in [6.45, 7) is 2.14. The van der Waals surface area contributed by atoms with E-state index in [-0.39, 0.29) is 18.1 Å². The molecule has 1 aromatic carbocycles. The third kappa shape index (κ3) is 7.10. The molecule has 1 aromatic rings. The lowest BCUT2D eigenvalue weighted by Crippen LogP contribution is -2.26. The van der Waals surface area contributed by atoms with Gasteiger partial charge in [0.05, 0.1) is 30.8 Å². The summed E-state index contributed by atoms with van der Waals surface area (Å²) < 4.78 is 28.4. The zero-order chi connectivity index (χ0) is 14.1.